The van der Waals surface area contributed by atoms with Crippen molar-refractivity contribution in [2.24, 2.45) is 0 Å². The lowest BCUT2D eigenvalue weighted by Crippen LogP contribution is -2.08. The van der Waals surface area contributed by atoms with E-state index < -0.39 is 17.8 Å². The molecule has 0 fully saturated rings. The summed E-state index contributed by atoms with van der Waals surface area (Å²) in [6.45, 7) is 2.21. The minimum Gasteiger partial charge on any atom is -0.249 e. The van der Waals surface area contributed by atoms with Gasteiger partial charge in [-0.1, -0.05) is 81.2 Å². The fourth-order valence-corrected chi connectivity index (χ4v) is 3.21. The predicted molar refractivity (Wildman–Crippen MR) is 112 cm³/mol. The molecule has 1 nitrogen and oxygen atoms in total. The number of alkyl halides is 3. The van der Waals surface area contributed by atoms with Crippen LogP contribution in [0.2, 0.25) is 0 Å². The van der Waals surface area contributed by atoms with Crippen molar-refractivity contribution in [3.8, 4) is 11.8 Å². The van der Waals surface area contributed by atoms with Crippen LogP contribution in [-0.2, 0) is 12.6 Å². The molecule has 1 unspecified atom stereocenters. The smallest absolute Gasteiger partial charge is 0.249 e. The van der Waals surface area contributed by atoms with E-state index in [2.05, 4.69) is 18.8 Å². The average Bonchev–Trinajstić information content (AvgIpc) is 2.70. The summed E-state index contributed by atoms with van der Waals surface area (Å²) in [7, 11) is 0. The fraction of sp³-hybridized carbons (Fsp3) is 0.440. The Balaban J connectivity index is 1.94. The summed E-state index contributed by atoms with van der Waals surface area (Å²) >= 11 is 0. The molecule has 1 N–H and O–H groups in total. The molecule has 1 atom stereocenters. The van der Waals surface area contributed by atoms with Gasteiger partial charge in [-0.2, -0.15) is 13.2 Å². The van der Waals surface area contributed by atoms with Crippen molar-refractivity contribution in [2.75, 3.05) is 0 Å². The van der Waals surface area contributed by atoms with Gasteiger partial charge in [0.05, 0.1) is 11.6 Å². The van der Waals surface area contributed by atoms with Crippen LogP contribution in [0.15, 0.2) is 48.5 Å². The Labute approximate surface area is 172 Å². The average molecular weight is 401 g/mol. The van der Waals surface area contributed by atoms with Crippen molar-refractivity contribution in [2.45, 2.75) is 70.5 Å². The molecule has 0 bridgehead atoms. The number of halogens is 3. The van der Waals surface area contributed by atoms with Crippen LogP contribution in [0.4, 0.5) is 13.2 Å². The number of nitrogens with one attached hydrogen (secondary N) is 1. The second-order valence-corrected chi connectivity index (χ2v) is 7.35. The van der Waals surface area contributed by atoms with E-state index in [1.807, 2.05) is 24.3 Å². The summed E-state index contributed by atoms with van der Waals surface area (Å²) in [5.74, 6) is 6.45. The number of hydrogen-bond acceptors (Lipinski definition) is 0. The molecule has 0 saturated heterocycles. The van der Waals surface area contributed by atoms with E-state index in [0.29, 0.717) is 12.0 Å². The first-order chi connectivity index (χ1) is 13.9. The Bertz CT molecular complexity index is 797. The first kappa shape index (κ1) is 23.0. The summed E-state index contributed by atoms with van der Waals surface area (Å²) in [6.07, 6.45) is 4.35. The van der Waals surface area contributed by atoms with Crippen LogP contribution in [0, 0.1) is 11.8 Å². The van der Waals surface area contributed by atoms with Crippen molar-refractivity contribution in [1.82, 2.24) is 5.73 Å². The van der Waals surface area contributed by atoms with Crippen LogP contribution in [0.25, 0.3) is 0 Å². The van der Waals surface area contributed by atoms with Gasteiger partial charge in [0.15, 0.2) is 0 Å². The standard InChI is InChI=1S/C25H29F3N/c1-2-3-4-5-6-7-8-9-12-20-13-10-11-14-22(20)19-24(29)21-15-17-23(18-16-21)25(26,27)28/h10-11,13-18,24,29H,2-8,19H2,1H3. The molecule has 1 radical (unpaired) electrons. The molecule has 0 saturated carbocycles. The van der Waals surface area contributed by atoms with Gasteiger partial charge in [-0.05, 0) is 42.2 Å². The van der Waals surface area contributed by atoms with Gasteiger partial charge in [-0.3, -0.25) is 0 Å². The summed E-state index contributed by atoms with van der Waals surface area (Å²) < 4.78 is 38.1. The summed E-state index contributed by atoms with van der Waals surface area (Å²) in [5.41, 5.74) is 10.1. The zero-order chi connectivity index (χ0) is 21.1. The number of rotatable bonds is 9. The summed E-state index contributed by atoms with van der Waals surface area (Å²) in [6, 6.07) is 12.0. The normalized spacial score (nSPS) is 12.3. The maximum Gasteiger partial charge on any atom is 0.416 e. The molecule has 0 aliphatic rings. The highest BCUT2D eigenvalue weighted by molar-refractivity contribution is 5.42. The fourth-order valence-electron chi connectivity index (χ4n) is 3.21. The van der Waals surface area contributed by atoms with Crippen molar-refractivity contribution in [1.29, 1.82) is 0 Å². The zero-order valence-electron chi connectivity index (χ0n) is 17.0. The molecule has 0 aliphatic heterocycles. The maximum absolute atomic E-state index is 12.7. The van der Waals surface area contributed by atoms with Crippen molar-refractivity contribution in [3.63, 3.8) is 0 Å². The van der Waals surface area contributed by atoms with Gasteiger partial charge < -0.3 is 0 Å². The molecular formula is C25H29F3N. The van der Waals surface area contributed by atoms with Crippen LogP contribution in [-0.4, -0.2) is 0 Å². The molecular weight excluding hydrogens is 371 g/mol. The lowest BCUT2D eigenvalue weighted by molar-refractivity contribution is -0.137. The lowest BCUT2D eigenvalue weighted by Gasteiger charge is -2.14. The molecule has 29 heavy (non-hydrogen) atoms. The van der Waals surface area contributed by atoms with E-state index in [1.165, 1.54) is 44.2 Å². The van der Waals surface area contributed by atoms with Gasteiger partial charge in [0, 0.05) is 12.0 Å². The molecule has 0 amide bonds. The van der Waals surface area contributed by atoms with E-state index in [4.69, 9.17) is 5.73 Å². The molecule has 0 heterocycles. The van der Waals surface area contributed by atoms with Crippen molar-refractivity contribution >= 4 is 0 Å². The van der Waals surface area contributed by atoms with E-state index in [9.17, 15) is 13.2 Å². The van der Waals surface area contributed by atoms with E-state index in [1.54, 1.807) is 0 Å². The highest BCUT2D eigenvalue weighted by atomic mass is 19.4. The van der Waals surface area contributed by atoms with Crippen LogP contribution in [0.5, 0.6) is 0 Å². The van der Waals surface area contributed by atoms with Crippen LogP contribution < -0.4 is 5.73 Å². The Morgan fingerprint density at radius 2 is 1.55 bits per heavy atom. The third kappa shape index (κ3) is 7.95. The van der Waals surface area contributed by atoms with Gasteiger partial charge in [0.25, 0.3) is 0 Å². The predicted octanol–water partition coefficient (Wildman–Crippen LogP) is 7.37. The second-order valence-electron chi connectivity index (χ2n) is 7.35. The molecule has 2 rings (SSSR count). The topological polar surface area (TPSA) is 23.8 Å². The van der Waals surface area contributed by atoms with Crippen LogP contribution >= 0.6 is 0 Å². The van der Waals surface area contributed by atoms with Crippen molar-refractivity contribution in [3.05, 3.63) is 70.8 Å². The van der Waals surface area contributed by atoms with E-state index >= 15 is 0 Å². The molecule has 2 aromatic carbocycles. The lowest BCUT2D eigenvalue weighted by atomic mass is 9.95. The van der Waals surface area contributed by atoms with Crippen LogP contribution in [0.1, 0.15) is 80.2 Å². The Morgan fingerprint density at radius 1 is 0.897 bits per heavy atom. The molecule has 4 heteroatoms. The summed E-state index contributed by atoms with van der Waals surface area (Å²) in [4.78, 5) is 0. The van der Waals surface area contributed by atoms with Gasteiger partial charge >= 0.3 is 6.18 Å². The highest BCUT2D eigenvalue weighted by Crippen LogP contribution is 2.30. The number of benzene rings is 2. The highest BCUT2D eigenvalue weighted by Gasteiger charge is 2.30. The zero-order valence-corrected chi connectivity index (χ0v) is 17.0. The first-order valence-electron chi connectivity index (χ1n) is 10.4. The quantitative estimate of drug-likeness (QED) is 0.310. The monoisotopic (exact) mass is 400 g/mol. The Hall–Kier alpha value is -2.25. The molecule has 0 spiro atoms. The third-order valence-corrected chi connectivity index (χ3v) is 4.96. The third-order valence-electron chi connectivity index (χ3n) is 4.96. The molecule has 0 aliphatic carbocycles. The Kier molecular flexibility index (Phi) is 9.28. The minimum atomic E-state index is -4.35. The second kappa shape index (κ2) is 11.7. The SMILES string of the molecule is CCCCCCCCC#Cc1ccccc1CC([NH])c1ccc(C(F)(F)F)cc1. The van der Waals surface area contributed by atoms with E-state index in [0.717, 1.165) is 36.1 Å². The van der Waals surface area contributed by atoms with Gasteiger partial charge in [-0.15, -0.1) is 0 Å². The number of hydrogen-bond donors (Lipinski definition) is 0. The molecule has 0 aromatic heterocycles. The van der Waals surface area contributed by atoms with Crippen LogP contribution in [0.3, 0.4) is 0 Å². The number of unbranched alkanes of at least 4 members (excludes halogenated alkanes) is 6. The van der Waals surface area contributed by atoms with Gasteiger partial charge in [0.1, 0.15) is 0 Å². The largest absolute Gasteiger partial charge is 0.416 e. The van der Waals surface area contributed by atoms with Gasteiger partial charge in [-0.25, -0.2) is 5.73 Å². The molecule has 2 aromatic rings. The molecule has 155 valence electrons. The summed E-state index contributed by atoms with van der Waals surface area (Å²) in [5, 5.41) is 0. The maximum atomic E-state index is 12.7. The Morgan fingerprint density at radius 3 is 2.24 bits per heavy atom. The van der Waals surface area contributed by atoms with Crippen molar-refractivity contribution < 1.29 is 13.2 Å². The minimum absolute atomic E-state index is 0.424. The first-order valence-corrected chi connectivity index (χ1v) is 10.4. The van der Waals surface area contributed by atoms with E-state index in [-0.39, 0.29) is 0 Å². The van der Waals surface area contributed by atoms with Gasteiger partial charge in [0.2, 0.25) is 0 Å².